The van der Waals surface area contributed by atoms with Crippen molar-refractivity contribution < 1.29 is 9.72 Å². The number of likely N-dealkylation sites (tertiary alicyclic amines) is 1. The number of likely N-dealkylation sites (N-methyl/N-ethyl adjacent to an activating group) is 1. The van der Waals surface area contributed by atoms with E-state index in [-0.39, 0.29) is 24.2 Å². The highest BCUT2D eigenvalue weighted by molar-refractivity contribution is 5.82. The van der Waals surface area contributed by atoms with E-state index < -0.39 is 4.92 Å². The number of para-hydroxylation sites is 2. The summed E-state index contributed by atoms with van der Waals surface area (Å²) >= 11 is 0. The predicted molar refractivity (Wildman–Crippen MR) is 80.2 cm³/mol. The number of hydrogen-bond acceptors (Lipinski definition) is 5. The van der Waals surface area contributed by atoms with Crippen LogP contribution in [0.1, 0.15) is 12.8 Å². The summed E-state index contributed by atoms with van der Waals surface area (Å²) in [6.07, 6.45) is 1.84. The zero-order valence-electron chi connectivity index (χ0n) is 12.1. The molecule has 7 nitrogen and oxygen atoms in total. The number of hydrogen-bond donors (Lipinski definition) is 1. The van der Waals surface area contributed by atoms with Gasteiger partial charge in [0.2, 0.25) is 5.91 Å². The fourth-order valence-corrected chi connectivity index (χ4v) is 2.57. The van der Waals surface area contributed by atoms with E-state index in [2.05, 4.69) is 0 Å². The van der Waals surface area contributed by atoms with Gasteiger partial charge < -0.3 is 15.5 Å². The molecule has 1 aromatic rings. The minimum Gasteiger partial charge on any atom is -0.360 e. The molecule has 2 rings (SSSR count). The van der Waals surface area contributed by atoms with Gasteiger partial charge in [0.25, 0.3) is 5.69 Å². The highest BCUT2D eigenvalue weighted by Gasteiger charge is 2.24. The number of nitrogens with zero attached hydrogens (tertiary/aromatic N) is 3. The van der Waals surface area contributed by atoms with Gasteiger partial charge in [-0.25, -0.2) is 0 Å². The summed E-state index contributed by atoms with van der Waals surface area (Å²) in [5.41, 5.74) is 6.32. The van der Waals surface area contributed by atoms with E-state index in [4.69, 9.17) is 5.73 Å². The lowest BCUT2D eigenvalue weighted by Gasteiger charge is -2.32. The highest BCUT2D eigenvalue weighted by atomic mass is 16.6. The van der Waals surface area contributed by atoms with Crippen LogP contribution < -0.4 is 10.6 Å². The summed E-state index contributed by atoms with van der Waals surface area (Å²) in [4.78, 5) is 26.2. The van der Waals surface area contributed by atoms with Crippen LogP contribution in [0.15, 0.2) is 24.3 Å². The molecule has 1 amide bonds. The topological polar surface area (TPSA) is 92.7 Å². The third-order valence-electron chi connectivity index (χ3n) is 3.67. The van der Waals surface area contributed by atoms with Gasteiger partial charge in [-0.3, -0.25) is 14.9 Å². The number of carbonyl (C=O) groups excluding carboxylic acids is 1. The number of nitrogens with two attached hydrogens (primary N) is 1. The third-order valence-corrected chi connectivity index (χ3v) is 3.67. The molecular formula is C14H20N4O3. The molecule has 1 saturated heterocycles. The molecule has 7 heteroatoms. The van der Waals surface area contributed by atoms with Crippen molar-refractivity contribution in [3.05, 3.63) is 34.4 Å². The van der Waals surface area contributed by atoms with Crippen molar-refractivity contribution in [1.29, 1.82) is 0 Å². The van der Waals surface area contributed by atoms with Crippen molar-refractivity contribution in [2.24, 2.45) is 5.73 Å². The number of amides is 1. The standard InChI is InChI=1S/C14H20N4O3/c1-16(12-6-2-3-7-13(12)18(20)21)10-14(19)17-8-4-5-11(15)9-17/h2-3,6-7,11H,4-5,8-10,15H2,1H3. The van der Waals surface area contributed by atoms with Crippen molar-refractivity contribution in [3.63, 3.8) is 0 Å². The zero-order valence-corrected chi connectivity index (χ0v) is 12.1. The molecule has 0 saturated carbocycles. The lowest BCUT2D eigenvalue weighted by Crippen LogP contribution is -2.48. The molecule has 0 aliphatic carbocycles. The lowest BCUT2D eigenvalue weighted by atomic mass is 10.1. The van der Waals surface area contributed by atoms with Gasteiger partial charge in [0.15, 0.2) is 0 Å². The maximum Gasteiger partial charge on any atom is 0.292 e. The van der Waals surface area contributed by atoms with Crippen LogP contribution >= 0.6 is 0 Å². The first-order valence-corrected chi connectivity index (χ1v) is 6.97. The van der Waals surface area contributed by atoms with Crippen molar-refractivity contribution in [2.75, 3.05) is 31.6 Å². The van der Waals surface area contributed by atoms with E-state index in [1.807, 2.05) is 0 Å². The molecule has 114 valence electrons. The molecule has 0 bridgehead atoms. The number of piperidine rings is 1. The van der Waals surface area contributed by atoms with Crippen molar-refractivity contribution in [1.82, 2.24) is 4.90 Å². The van der Waals surface area contributed by atoms with Crippen LogP contribution in [0.3, 0.4) is 0 Å². The van der Waals surface area contributed by atoms with Gasteiger partial charge in [0.05, 0.1) is 11.5 Å². The normalized spacial score (nSPS) is 18.4. The van der Waals surface area contributed by atoms with Gasteiger partial charge in [0.1, 0.15) is 5.69 Å². The minimum atomic E-state index is -0.437. The smallest absolute Gasteiger partial charge is 0.292 e. The molecule has 1 aliphatic rings. The Morgan fingerprint density at radius 3 is 2.90 bits per heavy atom. The summed E-state index contributed by atoms with van der Waals surface area (Å²) in [7, 11) is 1.68. The molecule has 1 fully saturated rings. The first-order chi connectivity index (χ1) is 9.99. The second-order valence-corrected chi connectivity index (χ2v) is 5.34. The number of benzene rings is 1. The maximum atomic E-state index is 12.3. The largest absolute Gasteiger partial charge is 0.360 e. The Labute approximate surface area is 123 Å². The maximum absolute atomic E-state index is 12.3. The Morgan fingerprint density at radius 2 is 2.24 bits per heavy atom. The third kappa shape index (κ3) is 3.69. The summed E-state index contributed by atoms with van der Waals surface area (Å²) in [6.45, 7) is 1.37. The number of nitro groups is 1. The summed E-state index contributed by atoms with van der Waals surface area (Å²) in [5, 5.41) is 11.0. The van der Waals surface area contributed by atoms with Crippen LogP contribution in [0.2, 0.25) is 0 Å². The SMILES string of the molecule is CN(CC(=O)N1CCCC(N)C1)c1ccccc1[N+](=O)[O-]. The first-order valence-electron chi connectivity index (χ1n) is 6.97. The Balaban J connectivity index is 2.05. The monoisotopic (exact) mass is 292 g/mol. The molecule has 0 aromatic heterocycles. The Morgan fingerprint density at radius 1 is 1.52 bits per heavy atom. The van der Waals surface area contributed by atoms with Crippen LogP contribution in [0.25, 0.3) is 0 Å². The number of anilines is 1. The fourth-order valence-electron chi connectivity index (χ4n) is 2.57. The summed E-state index contributed by atoms with van der Waals surface area (Å²) < 4.78 is 0. The van der Waals surface area contributed by atoms with Crippen molar-refractivity contribution >= 4 is 17.3 Å². The van der Waals surface area contributed by atoms with Crippen LogP contribution in [0.4, 0.5) is 11.4 Å². The molecule has 1 aliphatic heterocycles. The summed E-state index contributed by atoms with van der Waals surface area (Å²) in [6, 6.07) is 6.45. The van der Waals surface area contributed by atoms with E-state index in [9.17, 15) is 14.9 Å². The van der Waals surface area contributed by atoms with E-state index in [1.165, 1.54) is 6.07 Å². The Bertz CT molecular complexity index is 535. The molecule has 1 heterocycles. The molecule has 1 atom stereocenters. The lowest BCUT2D eigenvalue weighted by molar-refractivity contribution is -0.384. The number of nitro benzene ring substituents is 1. The fraction of sp³-hybridized carbons (Fsp3) is 0.500. The van der Waals surface area contributed by atoms with E-state index >= 15 is 0 Å². The quantitative estimate of drug-likeness (QED) is 0.659. The average molecular weight is 292 g/mol. The van der Waals surface area contributed by atoms with Crippen molar-refractivity contribution in [2.45, 2.75) is 18.9 Å². The first kappa shape index (κ1) is 15.2. The molecule has 2 N–H and O–H groups in total. The Hall–Kier alpha value is -2.15. The van der Waals surface area contributed by atoms with E-state index in [0.29, 0.717) is 18.8 Å². The van der Waals surface area contributed by atoms with Gasteiger partial charge >= 0.3 is 0 Å². The van der Waals surface area contributed by atoms with Crippen LogP contribution in [-0.4, -0.2) is 48.5 Å². The highest BCUT2D eigenvalue weighted by Crippen LogP contribution is 2.26. The Kier molecular flexibility index (Phi) is 4.74. The van der Waals surface area contributed by atoms with Gasteiger partial charge in [-0.1, -0.05) is 12.1 Å². The predicted octanol–water partition coefficient (Wildman–Crippen LogP) is 0.981. The van der Waals surface area contributed by atoms with Crippen LogP contribution in [0, 0.1) is 10.1 Å². The summed E-state index contributed by atoms with van der Waals surface area (Å²) in [5.74, 6) is -0.0502. The zero-order chi connectivity index (χ0) is 15.4. The van der Waals surface area contributed by atoms with Crippen LogP contribution in [-0.2, 0) is 4.79 Å². The second-order valence-electron chi connectivity index (χ2n) is 5.34. The van der Waals surface area contributed by atoms with E-state index in [0.717, 1.165) is 12.8 Å². The molecular weight excluding hydrogens is 272 g/mol. The van der Waals surface area contributed by atoms with Crippen molar-refractivity contribution in [3.8, 4) is 0 Å². The number of carbonyl (C=O) groups is 1. The molecule has 1 unspecified atom stereocenters. The average Bonchev–Trinajstić information content (AvgIpc) is 2.47. The number of rotatable bonds is 4. The second kappa shape index (κ2) is 6.53. The minimum absolute atomic E-state index is 0.00291. The van der Waals surface area contributed by atoms with Gasteiger partial charge in [-0.15, -0.1) is 0 Å². The van der Waals surface area contributed by atoms with E-state index in [1.54, 1.807) is 35.0 Å². The van der Waals surface area contributed by atoms with Gasteiger partial charge in [-0.05, 0) is 18.9 Å². The van der Waals surface area contributed by atoms with Gasteiger partial charge in [-0.2, -0.15) is 0 Å². The molecule has 21 heavy (non-hydrogen) atoms. The van der Waals surface area contributed by atoms with Gasteiger partial charge in [0, 0.05) is 32.2 Å². The molecule has 0 radical (unpaired) electrons. The van der Waals surface area contributed by atoms with Crippen LogP contribution in [0.5, 0.6) is 0 Å². The molecule has 0 spiro atoms. The molecule has 1 aromatic carbocycles.